The Morgan fingerprint density at radius 3 is 2.67 bits per heavy atom. The number of carbonyl (C=O) groups is 1. The van der Waals surface area contributed by atoms with E-state index in [1.807, 2.05) is 0 Å². The van der Waals surface area contributed by atoms with Gasteiger partial charge in [0.1, 0.15) is 0 Å². The third kappa shape index (κ3) is 0.900. The van der Waals surface area contributed by atoms with E-state index in [0.717, 1.165) is 18.2 Å². The number of hydrogen-bond acceptors (Lipinski definition) is 1. The summed E-state index contributed by atoms with van der Waals surface area (Å²) >= 11 is 0. The van der Waals surface area contributed by atoms with Crippen LogP contribution in [0.5, 0.6) is 0 Å². The van der Waals surface area contributed by atoms with Crippen LogP contribution in [0.2, 0.25) is 0 Å². The summed E-state index contributed by atoms with van der Waals surface area (Å²) in [5.41, 5.74) is 0.337. The molecule has 0 aliphatic heterocycles. The number of fused-ring (bicyclic) bond motifs is 2. The number of rotatable bonds is 2. The maximum atomic E-state index is 10.4. The van der Waals surface area contributed by atoms with Crippen LogP contribution in [-0.4, -0.2) is 12.5 Å². The summed E-state index contributed by atoms with van der Waals surface area (Å²) in [4.78, 5) is 10.4. The van der Waals surface area contributed by atoms with Gasteiger partial charge in [0.25, 0.3) is 0 Å². The first-order chi connectivity index (χ1) is 5.66. The molecule has 0 aromatic heterocycles. The Morgan fingerprint density at radius 1 is 1.42 bits per heavy atom. The van der Waals surface area contributed by atoms with Crippen LogP contribution in [0.15, 0.2) is 0 Å². The molecule has 2 rings (SSSR count). The van der Waals surface area contributed by atoms with Gasteiger partial charge in [-0.1, -0.05) is 13.8 Å². The van der Waals surface area contributed by atoms with Crippen molar-refractivity contribution in [2.24, 2.45) is 17.3 Å². The highest BCUT2D eigenvalue weighted by atomic mass is 16.1. The minimum absolute atomic E-state index is 0.337. The van der Waals surface area contributed by atoms with Gasteiger partial charge < -0.3 is 5.32 Å². The zero-order chi connectivity index (χ0) is 8.77. The summed E-state index contributed by atoms with van der Waals surface area (Å²) < 4.78 is 0. The first kappa shape index (κ1) is 8.09. The summed E-state index contributed by atoms with van der Waals surface area (Å²) in [7, 11) is 0. The fourth-order valence-corrected chi connectivity index (χ4v) is 3.28. The highest BCUT2D eigenvalue weighted by Crippen LogP contribution is 2.55. The van der Waals surface area contributed by atoms with Gasteiger partial charge in [-0.05, 0) is 36.5 Å². The molecular formula is C10H17NO. The molecule has 2 bridgehead atoms. The van der Waals surface area contributed by atoms with Crippen LogP contribution in [0.3, 0.4) is 0 Å². The fourth-order valence-electron chi connectivity index (χ4n) is 3.28. The standard InChI is InChI=1S/C10H17NO/c1-10(2)8-4-3-7(5-8)9(10)11-6-12/h6-9H,3-5H2,1-2H3,(H,11,12)/t7-,8-,9+/m0/s1. The van der Waals surface area contributed by atoms with Gasteiger partial charge in [0.05, 0.1) is 0 Å². The van der Waals surface area contributed by atoms with E-state index < -0.39 is 0 Å². The zero-order valence-electron chi connectivity index (χ0n) is 7.84. The van der Waals surface area contributed by atoms with Gasteiger partial charge in [0.2, 0.25) is 6.41 Å². The summed E-state index contributed by atoms with van der Waals surface area (Å²) in [6, 6.07) is 0.439. The Morgan fingerprint density at radius 2 is 2.17 bits per heavy atom. The quantitative estimate of drug-likeness (QED) is 0.621. The van der Waals surface area contributed by atoms with E-state index in [1.54, 1.807) is 0 Å². The lowest BCUT2D eigenvalue weighted by Crippen LogP contribution is -2.45. The third-order valence-corrected chi connectivity index (χ3v) is 4.05. The molecule has 12 heavy (non-hydrogen) atoms. The largest absolute Gasteiger partial charge is 0.355 e. The van der Waals surface area contributed by atoms with Crippen LogP contribution in [0.25, 0.3) is 0 Å². The normalized spacial score (nSPS) is 43.0. The maximum Gasteiger partial charge on any atom is 0.207 e. The van der Waals surface area contributed by atoms with Gasteiger partial charge in [-0.15, -0.1) is 0 Å². The number of hydrogen-bond donors (Lipinski definition) is 1. The molecule has 2 aliphatic rings. The summed E-state index contributed by atoms with van der Waals surface area (Å²) in [6.45, 7) is 4.58. The van der Waals surface area contributed by atoms with Crippen molar-refractivity contribution in [1.29, 1.82) is 0 Å². The molecule has 2 nitrogen and oxygen atoms in total. The number of nitrogens with one attached hydrogen (secondary N) is 1. The first-order valence-electron chi connectivity index (χ1n) is 4.86. The lowest BCUT2D eigenvalue weighted by Gasteiger charge is -2.37. The lowest BCUT2D eigenvalue weighted by molar-refractivity contribution is -0.111. The van der Waals surface area contributed by atoms with Gasteiger partial charge in [-0.2, -0.15) is 0 Å². The van der Waals surface area contributed by atoms with Gasteiger partial charge in [0.15, 0.2) is 0 Å². The van der Waals surface area contributed by atoms with Gasteiger partial charge in [-0.25, -0.2) is 0 Å². The number of amides is 1. The van der Waals surface area contributed by atoms with Crippen molar-refractivity contribution in [3.05, 3.63) is 0 Å². The molecule has 1 N–H and O–H groups in total. The van der Waals surface area contributed by atoms with E-state index in [2.05, 4.69) is 19.2 Å². The molecule has 68 valence electrons. The van der Waals surface area contributed by atoms with E-state index in [4.69, 9.17) is 0 Å². The average Bonchev–Trinajstić information content (AvgIpc) is 2.53. The molecule has 0 radical (unpaired) electrons. The highest BCUT2D eigenvalue weighted by Gasteiger charge is 2.52. The molecule has 0 heterocycles. The van der Waals surface area contributed by atoms with Crippen molar-refractivity contribution in [1.82, 2.24) is 5.32 Å². The minimum atomic E-state index is 0.337. The molecule has 2 fully saturated rings. The van der Waals surface area contributed by atoms with Crippen molar-refractivity contribution in [3.63, 3.8) is 0 Å². The molecule has 3 atom stereocenters. The SMILES string of the molecule is CC1(C)[C@H]2CC[C@@H](C2)[C@H]1NC=O. The maximum absolute atomic E-state index is 10.4. The zero-order valence-corrected chi connectivity index (χ0v) is 7.84. The van der Waals surface area contributed by atoms with Crippen molar-refractivity contribution in [2.45, 2.75) is 39.2 Å². The summed E-state index contributed by atoms with van der Waals surface area (Å²) in [5, 5.41) is 2.99. The molecule has 0 saturated heterocycles. The molecular weight excluding hydrogens is 150 g/mol. The molecule has 0 spiro atoms. The van der Waals surface area contributed by atoms with Gasteiger partial charge >= 0.3 is 0 Å². The van der Waals surface area contributed by atoms with E-state index >= 15 is 0 Å². The third-order valence-electron chi connectivity index (χ3n) is 4.05. The Kier molecular flexibility index (Phi) is 1.67. The van der Waals surface area contributed by atoms with E-state index in [0.29, 0.717) is 11.5 Å². The molecule has 2 saturated carbocycles. The van der Waals surface area contributed by atoms with Crippen molar-refractivity contribution in [3.8, 4) is 0 Å². The summed E-state index contributed by atoms with van der Waals surface area (Å²) in [6.07, 6.45) is 4.89. The summed E-state index contributed by atoms with van der Waals surface area (Å²) in [5.74, 6) is 1.61. The topological polar surface area (TPSA) is 29.1 Å². The first-order valence-corrected chi connectivity index (χ1v) is 4.86. The molecule has 2 aliphatic carbocycles. The predicted molar refractivity (Wildman–Crippen MR) is 47.6 cm³/mol. The Hall–Kier alpha value is -0.530. The molecule has 1 amide bonds. The minimum Gasteiger partial charge on any atom is -0.355 e. The van der Waals surface area contributed by atoms with Crippen molar-refractivity contribution >= 4 is 6.41 Å². The van der Waals surface area contributed by atoms with Crippen LogP contribution in [-0.2, 0) is 4.79 Å². The predicted octanol–water partition coefficient (Wildman–Crippen LogP) is 1.56. The second-order valence-corrected chi connectivity index (χ2v) is 4.85. The number of carbonyl (C=O) groups excluding carboxylic acids is 1. The van der Waals surface area contributed by atoms with Gasteiger partial charge in [-0.3, -0.25) is 4.79 Å². The van der Waals surface area contributed by atoms with Crippen molar-refractivity contribution < 1.29 is 4.79 Å². The lowest BCUT2D eigenvalue weighted by atomic mass is 9.73. The Bertz CT molecular complexity index is 200. The van der Waals surface area contributed by atoms with Crippen LogP contribution < -0.4 is 5.32 Å². The van der Waals surface area contributed by atoms with Crippen molar-refractivity contribution in [2.75, 3.05) is 0 Å². The highest BCUT2D eigenvalue weighted by molar-refractivity contribution is 5.47. The van der Waals surface area contributed by atoms with Crippen LogP contribution in [0, 0.1) is 17.3 Å². The second kappa shape index (κ2) is 2.48. The van der Waals surface area contributed by atoms with E-state index in [9.17, 15) is 4.79 Å². The molecule has 0 aromatic carbocycles. The average molecular weight is 167 g/mol. The fraction of sp³-hybridized carbons (Fsp3) is 0.900. The molecule has 2 heteroatoms. The second-order valence-electron chi connectivity index (χ2n) is 4.85. The monoisotopic (exact) mass is 167 g/mol. The molecule has 0 aromatic rings. The van der Waals surface area contributed by atoms with E-state index in [1.165, 1.54) is 19.3 Å². The van der Waals surface area contributed by atoms with Crippen LogP contribution in [0.4, 0.5) is 0 Å². The van der Waals surface area contributed by atoms with E-state index in [-0.39, 0.29) is 0 Å². The van der Waals surface area contributed by atoms with Gasteiger partial charge in [0, 0.05) is 6.04 Å². The Labute approximate surface area is 73.7 Å². The smallest absolute Gasteiger partial charge is 0.207 e. The Balaban J connectivity index is 2.17. The van der Waals surface area contributed by atoms with Crippen LogP contribution >= 0.6 is 0 Å². The molecule has 0 unspecified atom stereocenters. The van der Waals surface area contributed by atoms with Crippen LogP contribution in [0.1, 0.15) is 33.1 Å².